The third-order valence-electron chi connectivity index (χ3n) is 3.97. The molecule has 90 valence electrons. The standard InChI is InChI=1S/C15H18ClN/c1-2-4-10-7-8-14-12(9-10)11-5-3-6-13(16)15(11)17-14/h3,5-6,10,17H,2,4,7-9H2,1H3. The number of halogens is 1. The molecule has 0 radical (unpaired) electrons. The minimum absolute atomic E-state index is 0.851. The summed E-state index contributed by atoms with van der Waals surface area (Å²) in [5, 5.41) is 2.19. The second-order valence-electron chi connectivity index (χ2n) is 5.14. The Balaban J connectivity index is 2.06. The van der Waals surface area contributed by atoms with Crippen LogP contribution in [0.3, 0.4) is 0 Å². The van der Waals surface area contributed by atoms with Crippen molar-refractivity contribution in [2.45, 2.75) is 39.0 Å². The summed E-state index contributed by atoms with van der Waals surface area (Å²) in [6.07, 6.45) is 6.38. The van der Waals surface area contributed by atoms with E-state index < -0.39 is 0 Å². The van der Waals surface area contributed by atoms with Crippen LogP contribution in [0, 0.1) is 5.92 Å². The number of rotatable bonds is 2. The first-order valence-electron chi connectivity index (χ1n) is 6.57. The van der Waals surface area contributed by atoms with Crippen LogP contribution in [0.1, 0.15) is 37.4 Å². The summed E-state index contributed by atoms with van der Waals surface area (Å²) in [6.45, 7) is 2.28. The Morgan fingerprint density at radius 3 is 3.12 bits per heavy atom. The number of para-hydroxylation sites is 1. The Morgan fingerprint density at radius 1 is 1.41 bits per heavy atom. The highest BCUT2D eigenvalue weighted by Gasteiger charge is 2.22. The van der Waals surface area contributed by atoms with Crippen LogP contribution in [0.15, 0.2) is 18.2 Å². The lowest BCUT2D eigenvalue weighted by molar-refractivity contribution is 0.422. The summed E-state index contributed by atoms with van der Waals surface area (Å²) in [4.78, 5) is 3.52. The zero-order chi connectivity index (χ0) is 11.8. The normalized spacial score (nSPS) is 19.5. The van der Waals surface area contributed by atoms with Crippen LogP contribution >= 0.6 is 11.6 Å². The first-order chi connectivity index (χ1) is 8.29. The molecule has 1 aromatic heterocycles. The van der Waals surface area contributed by atoms with E-state index in [2.05, 4.69) is 24.0 Å². The predicted octanol–water partition coefficient (Wildman–Crippen LogP) is 4.73. The summed E-state index contributed by atoms with van der Waals surface area (Å²) < 4.78 is 0. The molecule has 0 saturated carbocycles. The lowest BCUT2D eigenvalue weighted by Crippen LogP contribution is -2.13. The van der Waals surface area contributed by atoms with Crippen molar-refractivity contribution in [2.75, 3.05) is 0 Å². The number of aromatic nitrogens is 1. The molecule has 3 rings (SSSR count). The van der Waals surface area contributed by atoms with Crippen molar-refractivity contribution in [3.05, 3.63) is 34.5 Å². The predicted molar refractivity (Wildman–Crippen MR) is 73.7 cm³/mol. The Bertz CT molecular complexity index is 541. The second-order valence-corrected chi connectivity index (χ2v) is 5.55. The number of hydrogen-bond acceptors (Lipinski definition) is 0. The van der Waals surface area contributed by atoms with E-state index >= 15 is 0 Å². The molecule has 1 heterocycles. The molecular formula is C15H18ClN. The van der Waals surface area contributed by atoms with Gasteiger partial charge in [-0.25, -0.2) is 0 Å². The van der Waals surface area contributed by atoms with Gasteiger partial charge in [-0.1, -0.05) is 43.5 Å². The van der Waals surface area contributed by atoms with Gasteiger partial charge in [0.25, 0.3) is 0 Å². The number of aromatic amines is 1. The van der Waals surface area contributed by atoms with Crippen molar-refractivity contribution in [2.24, 2.45) is 5.92 Å². The fourth-order valence-corrected chi connectivity index (χ4v) is 3.35. The van der Waals surface area contributed by atoms with Crippen molar-refractivity contribution < 1.29 is 0 Å². The van der Waals surface area contributed by atoms with Gasteiger partial charge >= 0.3 is 0 Å². The largest absolute Gasteiger partial charge is 0.357 e. The second kappa shape index (κ2) is 4.38. The van der Waals surface area contributed by atoms with Gasteiger partial charge < -0.3 is 4.98 Å². The SMILES string of the molecule is CCCC1CCc2[nH]c3c(Cl)cccc3c2C1. The van der Waals surface area contributed by atoms with Crippen LogP contribution in [0.2, 0.25) is 5.02 Å². The summed E-state index contributed by atoms with van der Waals surface area (Å²) in [7, 11) is 0. The molecule has 1 unspecified atom stereocenters. The molecule has 0 amide bonds. The minimum Gasteiger partial charge on any atom is -0.357 e. The van der Waals surface area contributed by atoms with Gasteiger partial charge in [-0.05, 0) is 36.8 Å². The van der Waals surface area contributed by atoms with Crippen molar-refractivity contribution >= 4 is 22.5 Å². The first-order valence-corrected chi connectivity index (χ1v) is 6.95. The number of nitrogens with one attached hydrogen (secondary N) is 1. The molecule has 0 aliphatic heterocycles. The maximum Gasteiger partial charge on any atom is 0.0648 e. The van der Waals surface area contributed by atoms with Crippen LogP contribution in [-0.2, 0) is 12.8 Å². The van der Waals surface area contributed by atoms with Crippen LogP contribution in [-0.4, -0.2) is 4.98 Å². The van der Waals surface area contributed by atoms with Gasteiger partial charge in [0.2, 0.25) is 0 Å². The van der Waals surface area contributed by atoms with Gasteiger partial charge in [-0.3, -0.25) is 0 Å². The fraction of sp³-hybridized carbons (Fsp3) is 0.467. The number of hydrogen-bond donors (Lipinski definition) is 1. The average Bonchev–Trinajstić information content (AvgIpc) is 2.70. The lowest BCUT2D eigenvalue weighted by Gasteiger charge is -2.21. The lowest BCUT2D eigenvalue weighted by atomic mass is 9.84. The smallest absolute Gasteiger partial charge is 0.0648 e. The number of H-pyrrole nitrogens is 1. The monoisotopic (exact) mass is 247 g/mol. The van der Waals surface area contributed by atoms with E-state index in [1.165, 1.54) is 48.7 Å². The Morgan fingerprint density at radius 2 is 2.29 bits per heavy atom. The highest BCUT2D eigenvalue weighted by atomic mass is 35.5. The molecular weight excluding hydrogens is 230 g/mol. The van der Waals surface area contributed by atoms with Gasteiger partial charge in [-0.15, -0.1) is 0 Å². The zero-order valence-corrected chi connectivity index (χ0v) is 11.0. The molecule has 0 saturated heterocycles. The fourth-order valence-electron chi connectivity index (χ4n) is 3.13. The van der Waals surface area contributed by atoms with Crippen LogP contribution in [0.25, 0.3) is 10.9 Å². The van der Waals surface area contributed by atoms with Crippen molar-refractivity contribution in [3.63, 3.8) is 0 Å². The van der Waals surface area contributed by atoms with E-state index in [1.807, 2.05) is 6.07 Å². The molecule has 1 aromatic carbocycles. The molecule has 17 heavy (non-hydrogen) atoms. The average molecular weight is 248 g/mol. The molecule has 1 nitrogen and oxygen atoms in total. The third kappa shape index (κ3) is 1.87. The highest BCUT2D eigenvalue weighted by molar-refractivity contribution is 6.35. The molecule has 0 fully saturated rings. The molecule has 0 bridgehead atoms. The van der Waals surface area contributed by atoms with Crippen molar-refractivity contribution in [1.82, 2.24) is 4.98 Å². The summed E-state index contributed by atoms with van der Waals surface area (Å²) in [5.74, 6) is 0.866. The third-order valence-corrected chi connectivity index (χ3v) is 4.29. The zero-order valence-electron chi connectivity index (χ0n) is 10.2. The first kappa shape index (κ1) is 11.2. The van der Waals surface area contributed by atoms with E-state index in [9.17, 15) is 0 Å². The molecule has 2 heteroatoms. The summed E-state index contributed by atoms with van der Waals surface area (Å²) >= 11 is 6.24. The number of benzene rings is 1. The van der Waals surface area contributed by atoms with Crippen LogP contribution in [0.4, 0.5) is 0 Å². The van der Waals surface area contributed by atoms with Gasteiger partial charge in [0.1, 0.15) is 0 Å². The molecule has 1 aliphatic rings. The summed E-state index contributed by atoms with van der Waals surface area (Å²) in [6, 6.07) is 6.22. The van der Waals surface area contributed by atoms with Gasteiger partial charge in [-0.2, -0.15) is 0 Å². The van der Waals surface area contributed by atoms with E-state index in [0.29, 0.717) is 0 Å². The van der Waals surface area contributed by atoms with E-state index in [0.717, 1.165) is 16.5 Å². The molecule has 1 atom stereocenters. The highest BCUT2D eigenvalue weighted by Crippen LogP contribution is 2.35. The Labute approximate surface area is 107 Å². The topological polar surface area (TPSA) is 15.8 Å². The Kier molecular flexibility index (Phi) is 2.87. The van der Waals surface area contributed by atoms with Gasteiger partial charge in [0.05, 0.1) is 10.5 Å². The minimum atomic E-state index is 0.851. The maximum atomic E-state index is 6.24. The van der Waals surface area contributed by atoms with Crippen molar-refractivity contribution in [1.29, 1.82) is 0 Å². The maximum absolute atomic E-state index is 6.24. The molecule has 2 aromatic rings. The van der Waals surface area contributed by atoms with Gasteiger partial charge in [0.15, 0.2) is 0 Å². The van der Waals surface area contributed by atoms with E-state index in [4.69, 9.17) is 11.6 Å². The van der Waals surface area contributed by atoms with E-state index in [1.54, 1.807) is 0 Å². The van der Waals surface area contributed by atoms with Gasteiger partial charge in [0, 0.05) is 11.1 Å². The van der Waals surface area contributed by atoms with Crippen LogP contribution < -0.4 is 0 Å². The molecule has 0 spiro atoms. The Hall–Kier alpha value is -0.950. The summed E-state index contributed by atoms with van der Waals surface area (Å²) in [5.41, 5.74) is 4.07. The van der Waals surface area contributed by atoms with Crippen molar-refractivity contribution in [3.8, 4) is 0 Å². The van der Waals surface area contributed by atoms with E-state index in [-0.39, 0.29) is 0 Å². The number of aryl methyl sites for hydroxylation is 1. The molecule has 1 N–H and O–H groups in total. The molecule has 1 aliphatic carbocycles. The number of fused-ring (bicyclic) bond motifs is 3. The quantitative estimate of drug-likeness (QED) is 0.790. The van der Waals surface area contributed by atoms with Crippen LogP contribution in [0.5, 0.6) is 0 Å².